The summed E-state index contributed by atoms with van der Waals surface area (Å²) in [6.45, 7) is 4.07. The van der Waals surface area contributed by atoms with Gasteiger partial charge < -0.3 is 33.8 Å². The van der Waals surface area contributed by atoms with Crippen LogP contribution in [0.3, 0.4) is 0 Å². The van der Waals surface area contributed by atoms with Crippen molar-refractivity contribution in [3.8, 4) is 0 Å². The fourth-order valence-electron chi connectivity index (χ4n) is 4.25. The number of fused-ring (bicyclic) bond motifs is 1. The van der Waals surface area contributed by atoms with Gasteiger partial charge in [0.15, 0.2) is 11.8 Å². The lowest BCUT2D eigenvalue weighted by molar-refractivity contribution is -0.161. The van der Waals surface area contributed by atoms with Crippen LogP contribution < -0.4 is 11.2 Å². The van der Waals surface area contributed by atoms with E-state index in [-0.39, 0.29) is 12.2 Å². The number of hydrogen-bond acceptors (Lipinski definition) is 17. The number of phosphoric acid groups is 2. The molecule has 0 radical (unpaired) electrons. The number of carbonyl (C=O) groups excluding carboxylic acids is 2. The van der Waals surface area contributed by atoms with Crippen LogP contribution in [-0.2, 0) is 57.4 Å². The SMILES string of the molecule is CC(C)C(=O)OCOP(=O)(OCOC(=O)C(C)(C)C)OP(=O)(O)OC[C@H]1O[C@@H](n2ccc(=O)n(Cc3noc4ccccc34)c2=O)[C@@H](O)C1O. The molecule has 20 nitrogen and oxygen atoms in total. The summed E-state index contributed by atoms with van der Waals surface area (Å²) in [5.74, 6) is -2.22. The van der Waals surface area contributed by atoms with Crippen molar-refractivity contribution < 1.29 is 70.4 Å². The molecule has 3 aromatic rings. The maximum Gasteiger partial charge on any atom is 0.489 e. The minimum Gasteiger partial charge on any atom is -0.438 e. The molecule has 1 aromatic carbocycles. The smallest absolute Gasteiger partial charge is 0.438 e. The van der Waals surface area contributed by atoms with E-state index in [0.29, 0.717) is 11.0 Å². The van der Waals surface area contributed by atoms with Crippen molar-refractivity contribution in [2.24, 2.45) is 11.3 Å². The predicted octanol–water partition coefficient (Wildman–Crippen LogP) is 1.80. The third kappa shape index (κ3) is 9.61. The summed E-state index contributed by atoms with van der Waals surface area (Å²) in [5.41, 5.74) is -1.99. The fourth-order valence-corrected chi connectivity index (χ4v) is 6.60. The molecule has 1 aliphatic rings. The molecule has 0 aliphatic carbocycles. The van der Waals surface area contributed by atoms with Gasteiger partial charge in [0.05, 0.1) is 24.5 Å². The summed E-state index contributed by atoms with van der Waals surface area (Å²) in [6, 6.07) is 7.77. The molecule has 2 aromatic heterocycles. The van der Waals surface area contributed by atoms with Crippen LogP contribution in [0, 0.1) is 11.3 Å². The molecular weight excluding hydrogens is 712 g/mol. The van der Waals surface area contributed by atoms with E-state index in [1.165, 1.54) is 34.6 Å². The second-order valence-electron chi connectivity index (χ2n) is 12.2. The van der Waals surface area contributed by atoms with Crippen LogP contribution in [-0.4, -0.2) is 79.8 Å². The van der Waals surface area contributed by atoms with Crippen LogP contribution in [0.25, 0.3) is 11.0 Å². The van der Waals surface area contributed by atoms with Gasteiger partial charge in [-0.05, 0) is 32.9 Å². The van der Waals surface area contributed by atoms with E-state index in [2.05, 4.69) is 9.47 Å². The van der Waals surface area contributed by atoms with Crippen molar-refractivity contribution in [1.29, 1.82) is 0 Å². The van der Waals surface area contributed by atoms with E-state index >= 15 is 0 Å². The van der Waals surface area contributed by atoms with Crippen LogP contribution in [0.5, 0.6) is 0 Å². The summed E-state index contributed by atoms with van der Waals surface area (Å²) in [7, 11) is -10.6. The minimum atomic E-state index is -5.46. The monoisotopic (exact) mass is 749 g/mol. The Morgan fingerprint density at radius 2 is 1.66 bits per heavy atom. The Hall–Kier alpha value is -3.55. The molecule has 1 fully saturated rings. The third-order valence-corrected chi connectivity index (χ3v) is 9.91. The van der Waals surface area contributed by atoms with E-state index in [4.69, 9.17) is 32.3 Å². The highest BCUT2D eigenvalue weighted by Gasteiger charge is 2.47. The predicted molar refractivity (Wildman–Crippen MR) is 167 cm³/mol. The van der Waals surface area contributed by atoms with E-state index in [1.54, 1.807) is 24.3 Å². The maximum absolute atomic E-state index is 13.4. The average Bonchev–Trinajstić information content (AvgIpc) is 3.57. The van der Waals surface area contributed by atoms with Crippen LogP contribution in [0.15, 0.2) is 50.6 Å². The van der Waals surface area contributed by atoms with Gasteiger partial charge in [0.25, 0.3) is 5.56 Å². The number of esters is 2. The van der Waals surface area contributed by atoms with Gasteiger partial charge in [-0.1, -0.05) is 31.1 Å². The van der Waals surface area contributed by atoms with Crippen molar-refractivity contribution in [2.45, 2.75) is 65.7 Å². The molecular formula is C28H37N3O17P2. The molecule has 276 valence electrons. The molecule has 0 spiro atoms. The molecule has 0 amide bonds. The number of para-hydroxylation sites is 1. The lowest BCUT2D eigenvalue weighted by atomic mass is 9.98. The van der Waals surface area contributed by atoms with Gasteiger partial charge >= 0.3 is 33.3 Å². The minimum absolute atomic E-state index is 0.270. The number of aromatic nitrogens is 3. The Kier molecular flexibility index (Phi) is 12.4. The van der Waals surface area contributed by atoms with E-state index in [0.717, 1.165) is 21.4 Å². The number of hydrogen-bond donors (Lipinski definition) is 3. The van der Waals surface area contributed by atoms with Crippen LogP contribution in [0.4, 0.5) is 0 Å². The summed E-state index contributed by atoms with van der Waals surface area (Å²) in [4.78, 5) is 60.1. The molecule has 0 bridgehead atoms. The van der Waals surface area contributed by atoms with Crippen molar-refractivity contribution in [3.05, 3.63) is 63.1 Å². The lowest BCUT2D eigenvalue weighted by Gasteiger charge is -2.22. The fraction of sp³-hybridized carbons (Fsp3) is 0.536. The number of nitrogens with zero attached hydrogens (tertiary/aromatic N) is 3. The maximum atomic E-state index is 13.4. The van der Waals surface area contributed by atoms with E-state index in [1.807, 2.05) is 0 Å². The summed E-state index contributed by atoms with van der Waals surface area (Å²) >= 11 is 0. The highest BCUT2D eigenvalue weighted by atomic mass is 31.3. The Labute approximate surface area is 283 Å². The van der Waals surface area contributed by atoms with E-state index < -0.39 is 94.9 Å². The number of phosphoric ester groups is 2. The van der Waals surface area contributed by atoms with Crippen LogP contribution >= 0.6 is 15.6 Å². The molecule has 3 N–H and O–H groups in total. The zero-order valence-electron chi connectivity index (χ0n) is 27.5. The zero-order valence-corrected chi connectivity index (χ0v) is 29.3. The normalized spacial score (nSPS) is 21.9. The Morgan fingerprint density at radius 1 is 1.00 bits per heavy atom. The molecule has 4 rings (SSSR count). The van der Waals surface area contributed by atoms with Gasteiger partial charge in [0, 0.05) is 17.6 Å². The number of aliphatic hydroxyl groups excluding tert-OH is 2. The standard InChI is InChI=1S/C28H37N3O17P2/c1-16(2)25(35)41-14-44-50(40,45-15-42-26(36)28(3,4)5)48-49(38,39)43-13-20-22(33)23(34)24(46-20)30-11-10-21(32)31(27(30)37)12-18-17-8-6-7-9-19(17)47-29-18/h6-11,16,20,22-24,33-34H,12-15H2,1-5H3,(H,38,39)/t20-,22?,23+,24-,50?/m1/s1. The van der Waals surface area contributed by atoms with Crippen molar-refractivity contribution in [2.75, 3.05) is 20.2 Å². The van der Waals surface area contributed by atoms with Crippen LogP contribution in [0.1, 0.15) is 46.5 Å². The van der Waals surface area contributed by atoms with Crippen molar-refractivity contribution in [3.63, 3.8) is 0 Å². The van der Waals surface area contributed by atoms with Gasteiger partial charge in [0.1, 0.15) is 24.0 Å². The highest BCUT2D eigenvalue weighted by molar-refractivity contribution is 7.61. The van der Waals surface area contributed by atoms with E-state index in [9.17, 15) is 43.4 Å². The van der Waals surface area contributed by atoms with Gasteiger partial charge in [-0.3, -0.25) is 28.0 Å². The Morgan fingerprint density at radius 3 is 2.32 bits per heavy atom. The second-order valence-corrected chi connectivity index (χ2v) is 15.4. The van der Waals surface area contributed by atoms with Crippen molar-refractivity contribution >= 4 is 38.6 Å². The number of carbonyl (C=O) groups is 2. The molecule has 50 heavy (non-hydrogen) atoms. The molecule has 1 saturated heterocycles. The zero-order chi connectivity index (χ0) is 37.0. The quantitative estimate of drug-likeness (QED) is 0.114. The average molecular weight is 750 g/mol. The number of benzene rings is 1. The van der Waals surface area contributed by atoms with Crippen LogP contribution in [0.2, 0.25) is 0 Å². The molecule has 22 heteroatoms. The second kappa shape index (κ2) is 15.8. The van der Waals surface area contributed by atoms with Gasteiger partial charge in [-0.2, -0.15) is 4.31 Å². The summed E-state index contributed by atoms with van der Waals surface area (Å²) < 4.78 is 67.0. The first-order chi connectivity index (χ1) is 23.3. The number of ether oxygens (including phenoxy) is 3. The highest BCUT2D eigenvalue weighted by Crippen LogP contribution is 2.63. The third-order valence-electron chi connectivity index (χ3n) is 6.97. The topological polar surface area (TPSA) is 264 Å². The number of aliphatic hydroxyl groups is 2. The van der Waals surface area contributed by atoms with Gasteiger partial charge in [-0.25, -0.2) is 23.0 Å². The van der Waals surface area contributed by atoms with Gasteiger partial charge in [-0.15, -0.1) is 0 Å². The summed E-state index contributed by atoms with van der Waals surface area (Å²) in [5, 5.41) is 25.8. The summed E-state index contributed by atoms with van der Waals surface area (Å²) in [6.07, 6.45) is -5.82. The Balaban J connectivity index is 1.45. The first-order valence-corrected chi connectivity index (χ1v) is 17.9. The molecule has 6 atom stereocenters. The molecule has 3 heterocycles. The first-order valence-electron chi connectivity index (χ1n) is 14.9. The first kappa shape index (κ1) is 39.2. The number of rotatable bonds is 15. The van der Waals surface area contributed by atoms with Gasteiger partial charge in [0.2, 0.25) is 13.6 Å². The Bertz CT molecular complexity index is 1900. The molecule has 3 unspecified atom stereocenters. The lowest BCUT2D eigenvalue weighted by Crippen LogP contribution is -2.43. The largest absolute Gasteiger partial charge is 0.489 e. The van der Waals surface area contributed by atoms with Crippen molar-refractivity contribution in [1.82, 2.24) is 14.3 Å². The molecule has 1 aliphatic heterocycles. The molecule has 0 saturated carbocycles.